The van der Waals surface area contributed by atoms with Crippen LogP contribution in [0.3, 0.4) is 0 Å². The Kier molecular flexibility index (Phi) is 6.25. The van der Waals surface area contributed by atoms with Crippen LogP contribution >= 0.6 is 0 Å². The standard InChI is InChI=1S/C19H19FN2O2/c1-14(23)22-18(13-15-7-3-2-4-8-15)19(24)21-12-11-16-9-5-6-10-17(16)20/h2-10,13H,11-12H2,1H3,(H,21,24)(H,22,23)/b18-13+. The third kappa shape index (κ3) is 5.35. The highest BCUT2D eigenvalue weighted by molar-refractivity contribution is 6.00. The Morgan fingerprint density at radius 3 is 2.38 bits per heavy atom. The average Bonchev–Trinajstić information content (AvgIpc) is 2.56. The summed E-state index contributed by atoms with van der Waals surface area (Å²) < 4.78 is 13.6. The number of hydrogen-bond donors (Lipinski definition) is 2. The largest absolute Gasteiger partial charge is 0.350 e. The Balaban J connectivity index is 2.01. The van der Waals surface area contributed by atoms with Gasteiger partial charge in [0.25, 0.3) is 5.91 Å². The van der Waals surface area contributed by atoms with Crippen LogP contribution in [0.4, 0.5) is 4.39 Å². The van der Waals surface area contributed by atoms with Gasteiger partial charge in [-0.2, -0.15) is 0 Å². The smallest absolute Gasteiger partial charge is 0.267 e. The molecule has 2 amide bonds. The molecule has 0 aliphatic carbocycles. The zero-order valence-electron chi connectivity index (χ0n) is 13.4. The van der Waals surface area contributed by atoms with Gasteiger partial charge in [0.2, 0.25) is 5.91 Å². The van der Waals surface area contributed by atoms with E-state index < -0.39 is 5.91 Å². The summed E-state index contributed by atoms with van der Waals surface area (Å²) in [5.74, 6) is -1.04. The van der Waals surface area contributed by atoms with Crippen LogP contribution in [0.15, 0.2) is 60.3 Å². The van der Waals surface area contributed by atoms with Gasteiger partial charge in [0.15, 0.2) is 0 Å². The Hall–Kier alpha value is -2.95. The van der Waals surface area contributed by atoms with E-state index in [9.17, 15) is 14.0 Å². The van der Waals surface area contributed by atoms with Crippen molar-refractivity contribution in [1.82, 2.24) is 10.6 Å². The summed E-state index contributed by atoms with van der Waals surface area (Å²) in [5.41, 5.74) is 1.48. The first kappa shape index (κ1) is 17.4. The lowest BCUT2D eigenvalue weighted by molar-refractivity contribution is -0.122. The first-order chi connectivity index (χ1) is 11.6. The number of rotatable bonds is 6. The molecule has 24 heavy (non-hydrogen) atoms. The van der Waals surface area contributed by atoms with E-state index >= 15 is 0 Å². The normalized spacial score (nSPS) is 11.0. The van der Waals surface area contributed by atoms with Crippen molar-refractivity contribution in [3.8, 4) is 0 Å². The Morgan fingerprint density at radius 2 is 1.71 bits per heavy atom. The summed E-state index contributed by atoms with van der Waals surface area (Å²) in [7, 11) is 0. The van der Waals surface area contributed by atoms with Crippen LogP contribution in [0.2, 0.25) is 0 Å². The Morgan fingerprint density at radius 1 is 1.04 bits per heavy atom. The molecule has 0 aliphatic heterocycles. The van der Waals surface area contributed by atoms with Crippen molar-refractivity contribution in [1.29, 1.82) is 0 Å². The molecule has 2 aromatic carbocycles. The van der Waals surface area contributed by atoms with E-state index in [2.05, 4.69) is 10.6 Å². The fourth-order valence-electron chi connectivity index (χ4n) is 2.17. The van der Waals surface area contributed by atoms with Crippen molar-refractivity contribution in [3.05, 3.63) is 77.2 Å². The van der Waals surface area contributed by atoms with Crippen molar-refractivity contribution < 1.29 is 14.0 Å². The monoisotopic (exact) mass is 326 g/mol. The Bertz CT molecular complexity index is 742. The molecule has 0 bridgehead atoms. The first-order valence-corrected chi connectivity index (χ1v) is 7.62. The van der Waals surface area contributed by atoms with Crippen LogP contribution in [0, 0.1) is 5.82 Å². The molecule has 124 valence electrons. The molecule has 0 aromatic heterocycles. The van der Waals surface area contributed by atoms with Gasteiger partial charge < -0.3 is 10.6 Å². The van der Waals surface area contributed by atoms with Crippen molar-refractivity contribution >= 4 is 17.9 Å². The molecule has 5 heteroatoms. The molecular weight excluding hydrogens is 307 g/mol. The third-order valence-electron chi connectivity index (χ3n) is 3.30. The predicted octanol–water partition coefficient (Wildman–Crippen LogP) is 2.66. The van der Waals surface area contributed by atoms with E-state index in [1.165, 1.54) is 13.0 Å². The van der Waals surface area contributed by atoms with Crippen molar-refractivity contribution in [2.45, 2.75) is 13.3 Å². The van der Waals surface area contributed by atoms with Gasteiger partial charge in [0.05, 0.1) is 0 Å². The lowest BCUT2D eigenvalue weighted by atomic mass is 10.1. The minimum absolute atomic E-state index is 0.155. The average molecular weight is 326 g/mol. The minimum atomic E-state index is -0.412. The van der Waals surface area contributed by atoms with E-state index in [0.717, 1.165) is 5.56 Å². The van der Waals surface area contributed by atoms with Crippen LogP contribution in [0.25, 0.3) is 6.08 Å². The van der Waals surface area contributed by atoms with Crippen LogP contribution in [0.1, 0.15) is 18.1 Å². The van der Waals surface area contributed by atoms with Crippen molar-refractivity contribution in [2.24, 2.45) is 0 Å². The number of amides is 2. The number of carbonyl (C=O) groups excluding carboxylic acids is 2. The van der Waals surface area contributed by atoms with Gasteiger partial charge in [-0.25, -0.2) is 4.39 Å². The molecule has 0 saturated carbocycles. The maximum absolute atomic E-state index is 13.6. The summed E-state index contributed by atoms with van der Waals surface area (Å²) in [6, 6.07) is 15.6. The quantitative estimate of drug-likeness (QED) is 0.802. The highest BCUT2D eigenvalue weighted by Gasteiger charge is 2.11. The zero-order valence-corrected chi connectivity index (χ0v) is 13.4. The second-order valence-corrected chi connectivity index (χ2v) is 5.25. The molecule has 0 heterocycles. The highest BCUT2D eigenvalue weighted by Crippen LogP contribution is 2.07. The lowest BCUT2D eigenvalue weighted by Gasteiger charge is -2.10. The second-order valence-electron chi connectivity index (χ2n) is 5.25. The van der Waals surface area contributed by atoms with Gasteiger partial charge in [-0.1, -0.05) is 48.5 Å². The van der Waals surface area contributed by atoms with E-state index in [0.29, 0.717) is 12.0 Å². The molecule has 0 fully saturated rings. The summed E-state index contributed by atoms with van der Waals surface area (Å²) >= 11 is 0. The zero-order chi connectivity index (χ0) is 17.4. The van der Waals surface area contributed by atoms with Crippen LogP contribution < -0.4 is 10.6 Å². The maximum Gasteiger partial charge on any atom is 0.267 e. The molecule has 4 nitrogen and oxygen atoms in total. The SMILES string of the molecule is CC(=O)N/C(=C/c1ccccc1)C(=O)NCCc1ccccc1F. The van der Waals surface area contributed by atoms with Gasteiger partial charge in [-0.15, -0.1) is 0 Å². The van der Waals surface area contributed by atoms with Crippen molar-refractivity contribution in [3.63, 3.8) is 0 Å². The molecule has 0 atom stereocenters. The fraction of sp³-hybridized carbons (Fsp3) is 0.158. The van der Waals surface area contributed by atoms with Gasteiger partial charge >= 0.3 is 0 Å². The van der Waals surface area contributed by atoms with Crippen LogP contribution in [-0.2, 0) is 16.0 Å². The molecule has 0 spiro atoms. The van der Waals surface area contributed by atoms with Crippen LogP contribution in [0.5, 0.6) is 0 Å². The molecule has 0 radical (unpaired) electrons. The topological polar surface area (TPSA) is 58.2 Å². The van der Waals surface area contributed by atoms with E-state index in [-0.39, 0.29) is 24.0 Å². The molecule has 2 N–H and O–H groups in total. The molecule has 0 aliphatic rings. The van der Waals surface area contributed by atoms with Gasteiger partial charge in [0.1, 0.15) is 11.5 Å². The first-order valence-electron chi connectivity index (χ1n) is 7.62. The van der Waals surface area contributed by atoms with E-state index in [4.69, 9.17) is 0 Å². The highest BCUT2D eigenvalue weighted by atomic mass is 19.1. The van der Waals surface area contributed by atoms with Gasteiger partial charge in [-0.3, -0.25) is 9.59 Å². The molecule has 2 aromatic rings. The van der Waals surface area contributed by atoms with Crippen molar-refractivity contribution in [2.75, 3.05) is 6.54 Å². The number of benzene rings is 2. The van der Waals surface area contributed by atoms with Crippen LogP contribution in [-0.4, -0.2) is 18.4 Å². The lowest BCUT2D eigenvalue weighted by Crippen LogP contribution is -2.34. The molecule has 0 unspecified atom stereocenters. The predicted molar refractivity (Wildman–Crippen MR) is 91.3 cm³/mol. The molecule has 2 rings (SSSR count). The summed E-state index contributed by atoms with van der Waals surface area (Å²) in [5, 5.41) is 5.22. The Labute approximate surface area is 140 Å². The molecular formula is C19H19FN2O2. The molecule has 0 saturated heterocycles. The summed E-state index contributed by atoms with van der Waals surface area (Å²) in [4.78, 5) is 23.6. The summed E-state index contributed by atoms with van der Waals surface area (Å²) in [6.07, 6.45) is 1.97. The van der Waals surface area contributed by atoms with Gasteiger partial charge in [-0.05, 0) is 29.7 Å². The maximum atomic E-state index is 13.6. The minimum Gasteiger partial charge on any atom is -0.350 e. The number of nitrogens with one attached hydrogen (secondary N) is 2. The number of carbonyl (C=O) groups is 2. The van der Waals surface area contributed by atoms with E-state index in [1.807, 2.05) is 30.3 Å². The fourth-order valence-corrected chi connectivity index (χ4v) is 2.17. The second kappa shape index (κ2) is 8.62. The number of hydrogen-bond acceptors (Lipinski definition) is 2. The summed E-state index contributed by atoms with van der Waals surface area (Å²) in [6.45, 7) is 1.61. The van der Waals surface area contributed by atoms with Gasteiger partial charge in [0, 0.05) is 13.5 Å². The third-order valence-corrected chi connectivity index (χ3v) is 3.30. The number of halogens is 1. The van der Waals surface area contributed by atoms with E-state index in [1.54, 1.807) is 24.3 Å².